The van der Waals surface area contributed by atoms with E-state index in [1.54, 1.807) is 47.5 Å². The number of nitrogens with two attached hydrogens (primary N) is 1. The number of anilines is 2. The number of nitrogens with one attached hydrogen (secondary N) is 1. The molecule has 40 heavy (non-hydrogen) atoms. The molecule has 1 aliphatic carbocycles. The topological polar surface area (TPSA) is 126 Å². The molecule has 1 aromatic heterocycles. The summed E-state index contributed by atoms with van der Waals surface area (Å²) in [6, 6.07) is 20.2. The monoisotopic (exact) mass is 555 g/mol. The average Bonchev–Trinajstić information content (AvgIpc) is 3.78. The van der Waals surface area contributed by atoms with Gasteiger partial charge < -0.3 is 15.5 Å². The van der Waals surface area contributed by atoms with Crippen LogP contribution in [-0.4, -0.2) is 61.2 Å². The number of pyridine rings is 1. The molecule has 2 heterocycles. The van der Waals surface area contributed by atoms with E-state index < -0.39 is 10.0 Å². The fraction of sp³-hybridized carbons (Fsp3) is 0.233. The summed E-state index contributed by atoms with van der Waals surface area (Å²) in [6.45, 7) is 1.86. The number of carbonyl (C=O) groups is 2. The Bertz CT molecular complexity index is 1710. The first-order valence-electron chi connectivity index (χ1n) is 13.2. The second-order valence-corrected chi connectivity index (χ2v) is 12.0. The number of para-hydroxylation sites is 1. The summed E-state index contributed by atoms with van der Waals surface area (Å²) >= 11 is 0. The number of sulfonamides is 1. The molecule has 3 N–H and O–H groups in total. The second kappa shape index (κ2) is 10.3. The van der Waals surface area contributed by atoms with E-state index in [1.807, 2.05) is 35.2 Å². The first kappa shape index (κ1) is 25.8. The number of piperazine rings is 1. The molecular formula is C30H29N5O4S. The summed E-state index contributed by atoms with van der Waals surface area (Å²) in [5, 5.41) is 0.880. The van der Waals surface area contributed by atoms with E-state index in [0.29, 0.717) is 52.6 Å². The third-order valence-electron chi connectivity index (χ3n) is 7.38. The number of nitrogens with zero attached hydrogens (tertiary/aromatic N) is 3. The number of hydrogen-bond acceptors (Lipinski definition) is 6. The van der Waals surface area contributed by atoms with Crippen LogP contribution in [0.5, 0.6) is 0 Å². The minimum absolute atomic E-state index is 0.0309. The SMILES string of the molecule is Nc1ccc(S(=O)(=O)Nc2ccc(C(=O)N3CCN(CC4CC4)C(=O)C3)cc2)c(-c2cccc3cccnc23)c1. The number of nitrogen functional groups attached to an aromatic ring is 1. The van der Waals surface area contributed by atoms with Gasteiger partial charge in [-0.2, -0.15) is 0 Å². The van der Waals surface area contributed by atoms with E-state index in [-0.39, 0.29) is 23.3 Å². The van der Waals surface area contributed by atoms with E-state index in [0.717, 1.165) is 11.9 Å². The molecule has 0 radical (unpaired) electrons. The smallest absolute Gasteiger partial charge is 0.262 e. The van der Waals surface area contributed by atoms with Crippen LogP contribution in [0, 0.1) is 5.92 Å². The van der Waals surface area contributed by atoms with Crippen molar-refractivity contribution < 1.29 is 18.0 Å². The molecule has 6 rings (SSSR count). The molecular weight excluding hydrogens is 526 g/mol. The number of carbonyl (C=O) groups excluding carboxylic acids is 2. The third-order valence-corrected chi connectivity index (χ3v) is 8.82. The Morgan fingerprint density at radius 3 is 2.50 bits per heavy atom. The Hall–Kier alpha value is -4.44. The minimum Gasteiger partial charge on any atom is -0.399 e. The van der Waals surface area contributed by atoms with Crippen molar-refractivity contribution in [3.63, 3.8) is 0 Å². The summed E-state index contributed by atoms with van der Waals surface area (Å²) in [6.07, 6.45) is 4.00. The lowest BCUT2D eigenvalue weighted by Gasteiger charge is -2.34. The quantitative estimate of drug-likeness (QED) is 0.332. The number of aromatic nitrogens is 1. The highest BCUT2D eigenvalue weighted by molar-refractivity contribution is 7.92. The van der Waals surface area contributed by atoms with Crippen molar-refractivity contribution in [1.82, 2.24) is 14.8 Å². The van der Waals surface area contributed by atoms with Gasteiger partial charge >= 0.3 is 0 Å². The van der Waals surface area contributed by atoms with Gasteiger partial charge in [-0.1, -0.05) is 24.3 Å². The van der Waals surface area contributed by atoms with Crippen LogP contribution in [0.2, 0.25) is 0 Å². The molecule has 2 fully saturated rings. The molecule has 10 heteroatoms. The molecule has 4 aromatic rings. The van der Waals surface area contributed by atoms with Crippen molar-refractivity contribution in [3.05, 3.63) is 84.6 Å². The minimum atomic E-state index is -4.03. The Morgan fingerprint density at radius 2 is 1.75 bits per heavy atom. The highest BCUT2D eigenvalue weighted by Gasteiger charge is 2.32. The molecule has 0 atom stereocenters. The van der Waals surface area contributed by atoms with Crippen LogP contribution < -0.4 is 10.5 Å². The predicted molar refractivity (Wildman–Crippen MR) is 154 cm³/mol. The molecule has 0 unspecified atom stereocenters. The van der Waals surface area contributed by atoms with Crippen molar-refractivity contribution in [2.24, 2.45) is 5.92 Å². The highest BCUT2D eigenvalue weighted by atomic mass is 32.2. The van der Waals surface area contributed by atoms with Crippen LogP contribution in [0.4, 0.5) is 11.4 Å². The van der Waals surface area contributed by atoms with Crippen molar-refractivity contribution in [3.8, 4) is 11.1 Å². The number of amides is 2. The van der Waals surface area contributed by atoms with Gasteiger partial charge in [0.2, 0.25) is 5.91 Å². The van der Waals surface area contributed by atoms with Crippen LogP contribution in [0.25, 0.3) is 22.0 Å². The lowest BCUT2D eigenvalue weighted by Crippen LogP contribution is -2.52. The lowest BCUT2D eigenvalue weighted by atomic mass is 10.0. The number of fused-ring (bicyclic) bond motifs is 1. The van der Waals surface area contributed by atoms with Crippen LogP contribution >= 0.6 is 0 Å². The Kier molecular flexibility index (Phi) is 6.63. The van der Waals surface area contributed by atoms with Crippen molar-refractivity contribution in [1.29, 1.82) is 0 Å². The Labute approximate surface area is 232 Å². The van der Waals surface area contributed by atoms with E-state index in [1.165, 1.54) is 18.9 Å². The molecule has 0 bridgehead atoms. The molecule has 204 valence electrons. The van der Waals surface area contributed by atoms with E-state index >= 15 is 0 Å². The van der Waals surface area contributed by atoms with Gasteiger partial charge in [0.05, 0.1) is 10.4 Å². The summed E-state index contributed by atoms with van der Waals surface area (Å²) in [7, 11) is -4.03. The maximum absolute atomic E-state index is 13.6. The number of benzene rings is 3. The summed E-state index contributed by atoms with van der Waals surface area (Å²) in [4.78, 5) is 33.5. The fourth-order valence-corrected chi connectivity index (χ4v) is 6.34. The van der Waals surface area contributed by atoms with E-state index in [9.17, 15) is 18.0 Å². The third kappa shape index (κ3) is 5.22. The highest BCUT2D eigenvalue weighted by Crippen LogP contribution is 2.34. The van der Waals surface area contributed by atoms with Crippen LogP contribution in [-0.2, 0) is 14.8 Å². The van der Waals surface area contributed by atoms with Crippen molar-refractivity contribution >= 4 is 44.1 Å². The maximum atomic E-state index is 13.6. The van der Waals surface area contributed by atoms with Gasteiger partial charge in [-0.15, -0.1) is 0 Å². The first-order chi connectivity index (χ1) is 19.3. The van der Waals surface area contributed by atoms with Gasteiger partial charge in [-0.3, -0.25) is 19.3 Å². The zero-order chi connectivity index (χ0) is 27.9. The number of rotatable bonds is 7. The van der Waals surface area contributed by atoms with Gasteiger partial charge in [0, 0.05) is 59.3 Å². The molecule has 0 spiro atoms. The zero-order valence-corrected chi connectivity index (χ0v) is 22.6. The lowest BCUT2D eigenvalue weighted by molar-refractivity contribution is -0.135. The zero-order valence-electron chi connectivity index (χ0n) is 21.8. The first-order valence-corrected chi connectivity index (χ1v) is 14.7. The van der Waals surface area contributed by atoms with E-state index in [4.69, 9.17) is 5.73 Å². The van der Waals surface area contributed by atoms with Crippen molar-refractivity contribution in [2.45, 2.75) is 17.7 Å². The number of hydrogen-bond donors (Lipinski definition) is 2. The molecule has 9 nitrogen and oxygen atoms in total. The van der Waals surface area contributed by atoms with Crippen LogP contribution in [0.15, 0.2) is 83.9 Å². The molecule has 1 saturated heterocycles. The van der Waals surface area contributed by atoms with Crippen LogP contribution in [0.3, 0.4) is 0 Å². The summed E-state index contributed by atoms with van der Waals surface area (Å²) in [5.74, 6) is 0.324. The molecule has 1 saturated carbocycles. The largest absolute Gasteiger partial charge is 0.399 e. The standard InChI is InChI=1S/C30H29N5O4S/c31-23-10-13-27(26(17-23)25-5-1-3-21-4-2-14-32-29(21)25)40(38,39)33-24-11-8-22(9-12-24)30(37)35-16-15-34(28(36)19-35)18-20-6-7-20/h1-5,8-14,17,20,33H,6-7,15-16,18-19,31H2. The summed E-state index contributed by atoms with van der Waals surface area (Å²) < 4.78 is 29.8. The summed E-state index contributed by atoms with van der Waals surface area (Å²) in [5.41, 5.74) is 8.94. The molecule has 2 aliphatic rings. The Morgan fingerprint density at radius 1 is 0.975 bits per heavy atom. The maximum Gasteiger partial charge on any atom is 0.262 e. The van der Waals surface area contributed by atoms with Gasteiger partial charge in [-0.25, -0.2) is 8.42 Å². The predicted octanol–water partition coefficient (Wildman–Crippen LogP) is 3.98. The fourth-order valence-electron chi connectivity index (χ4n) is 5.07. The van der Waals surface area contributed by atoms with Gasteiger partial charge in [0.1, 0.15) is 6.54 Å². The molecule has 2 amide bonds. The molecule has 1 aliphatic heterocycles. The van der Waals surface area contributed by atoms with Gasteiger partial charge in [0.25, 0.3) is 15.9 Å². The molecule has 3 aromatic carbocycles. The second-order valence-electron chi connectivity index (χ2n) is 10.3. The van der Waals surface area contributed by atoms with Crippen molar-refractivity contribution in [2.75, 3.05) is 36.6 Å². The van der Waals surface area contributed by atoms with Crippen LogP contribution in [0.1, 0.15) is 23.2 Å². The van der Waals surface area contributed by atoms with E-state index in [2.05, 4.69) is 9.71 Å². The normalized spacial score (nSPS) is 15.8. The van der Waals surface area contributed by atoms with Gasteiger partial charge in [-0.05, 0) is 67.3 Å². The Balaban J connectivity index is 1.21. The average molecular weight is 556 g/mol. The van der Waals surface area contributed by atoms with Gasteiger partial charge in [0.15, 0.2) is 0 Å².